The van der Waals surface area contributed by atoms with Crippen LogP contribution in [0.1, 0.15) is 24.5 Å². The average Bonchev–Trinajstić information content (AvgIpc) is 2.64. The number of benzene rings is 2. The average molecular weight is 428 g/mol. The molecular formula is C20H23F3N2O3S. The largest absolute Gasteiger partial charge is 0.416 e. The molecule has 0 saturated carbocycles. The second-order valence-electron chi connectivity index (χ2n) is 6.66. The number of hydrogen-bond acceptors (Lipinski definition) is 3. The normalized spacial score (nSPS) is 13.0. The summed E-state index contributed by atoms with van der Waals surface area (Å²) >= 11 is 0. The fourth-order valence-electron chi connectivity index (χ4n) is 2.92. The third-order valence-electron chi connectivity index (χ3n) is 4.30. The van der Waals surface area contributed by atoms with Crippen LogP contribution in [0.25, 0.3) is 0 Å². The molecule has 2 rings (SSSR count). The van der Waals surface area contributed by atoms with E-state index >= 15 is 0 Å². The van der Waals surface area contributed by atoms with Gasteiger partial charge in [0.2, 0.25) is 15.9 Å². The van der Waals surface area contributed by atoms with Gasteiger partial charge in [0.25, 0.3) is 0 Å². The van der Waals surface area contributed by atoms with Crippen LogP contribution in [0.5, 0.6) is 0 Å². The zero-order valence-electron chi connectivity index (χ0n) is 16.1. The van der Waals surface area contributed by atoms with Crippen molar-refractivity contribution in [3.05, 3.63) is 65.7 Å². The maximum Gasteiger partial charge on any atom is 0.416 e. The second kappa shape index (κ2) is 9.30. The highest BCUT2D eigenvalue weighted by atomic mass is 32.2. The molecule has 0 spiro atoms. The van der Waals surface area contributed by atoms with Crippen molar-refractivity contribution in [2.75, 3.05) is 17.1 Å². The maximum atomic E-state index is 13.0. The van der Waals surface area contributed by atoms with Gasteiger partial charge in [-0.05, 0) is 43.5 Å². The zero-order valence-corrected chi connectivity index (χ0v) is 16.9. The van der Waals surface area contributed by atoms with Crippen LogP contribution in [-0.4, -0.2) is 33.2 Å². The van der Waals surface area contributed by atoms with Gasteiger partial charge in [-0.3, -0.25) is 9.10 Å². The lowest BCUT2D eigenvalue weighted by Crippen LogP contribution is -2.48. The molecule has 0 aromatic heterocycles. The molecule has 0 saturated heterocycles. The molecule has 0 aliphatic rings. The third kappa shape index (κ3) is 6.49. The van der Waals surface area contributed by atoms with E-state index in [2.05, 4.69) is 5.32 Å². The number of anilines is 1. The highest BCUT2D eigenvalue weighted by Gasteiger charge is 2.33. The van der Waals surface area contributed by atoms with Crippen LogP contribution in [-0.2, 0) is 27.4 Å². The van der Waals surface area contributed by atoms with E-state index in [1.165, 1.54) is 13.0 Å². The molecule has 1 atom stereocenters. The summed E-state index contributed by atoms with van der Waals surface area (Å²) in [7, 11) is -3.99. The van der Waals surface area contributed by atoms with Crippen LogP contribution in [0.3, 0.4) is 0 Å². The summed E-state index contributed by atoms with van der Waals surface area (Å²) in [6, 6.07) is 12.4. The van der Waals surface area contributed by atoms with Crippen molar-refractivity contribution < 1.29 is 26.4 Å². The Hall–Kier alpha value is -2.55. The number of halogens is 3. The van der Waals surface area contributed by atoms with E-state index in [1.807, 2.05) is 30.3 Å². The number of hydrogen-bond donors (Lipinski definition) is 1. The molecule has 0 bridgehead atoms. The van der Waals surface area contributed by atoms with Crippen molar-refractivity contribution in [1.29, 1.82) is 0 Å². The van der Waals surface area contributed by atoms with Crippen LogP contribution in [0.4, 0.5) is 18.9 Å². The number of aryl methyl sites for hydroxylation is 1. The van der Waals surface area contributed by atoms with E-state index in [4.69, 9.17) is 0 Å². The maximum absolute atomic E-state index is 13.0. The standard InChI is InChI=1S/C20H23F3N2O3S/c1-15(19(26)24-13-7-10-16-8-4-3-5-9-16)25(29(2,27)28)18-12-6-11-17(14-18)20(21,22)23/h3-6,8-9,11-12,14-15H,7,10,13H2,1-2H3,(H,24,26). The molecule has 0 aliphatic heterocycles. The molecule has 29 heavy (non-hydrogen) atoms. The molecule has 5 nitrogen and oxygen atoms in total. The van der Waals surface area contributed by atoms with Crippen LogP contribution in [0, 0.1) is 0 Å². The van der Waals surface area contributed by atoms with Gasteiger partial charge in [-0.1, -0.05) is 36.4 Å². The number of carbonyl (C=O) groups excluding carboxylic acids is 1. The van der Waals surface area contributed by atoms with Gasteiger partial charge in [-0.15, -0.1) is 0 Å². The van der Waals surface area contributed by atoms with Gasteiger partial charge >= 0.3 is 6.18 Å². The summed E-state index contributed by atoms with van der Waals surface area (Å²) in [5, 5.41) is 2.65. The van der Waals surface area contributed by atoms with E-state index in [0.717, 1.165) is 36.4 Å². The Kier molecular flexibility index (Phi) is 7.29. The summed E-state index contributed by atoms with van der Waals surface area (Å²) in [6.07, 6.45) is -2.39. The summed E-state index contributed by atoms with van der Waals surface area (Å²) in [4.78, 5) is 12.5. The molecular weight excluding hydrogens is 405 g/mol. The lowest BCUT2D eigenvalue weighted by Gasteiger charge is -2.28. The minimum absolute atomic E-state index is 0.214. The number of rotatable bonds is 8. The first kappa shape index (κ1) is 22.7. The van der Waals surface area contributed by atoms with Gasteiger partial charge in [0.15, 0.2) is 0 Å². The van der Waals surface area contributed by atoms with Gasteiger partial charge in [-0.25, -0.2) is 8.42 Å². The Morgan fingerprint density at radius 2 is 1.76 bits per heavy atom. The third-order valence-corrected chi connectivity index (χ3v) is 5.54. The molecule has 0 radical (unpaired) electrons. The van der Waals surface area contributed by atoms with Crippen molar-refractivity contribution in [2.45, 2.75) is 32.0 Å². The van der Waals surface area contributed by atoms with Gasteiger partial charge in [0.05, 0.1) is 17.5 Å². The molecule has 0 fully saturated rings. The van der Waals surface area contributed by atoms with Crippen molar-refractivity contribution in [3.63, 3.8) is 0 Å². The molecule has 0 heterocycles. The molecule has 1 amide bonds. The zero-order chi connectivity index (χ0) is 21.7. The fraction of sp³-hybridized carbons (Fsp3) is 0.350. The molecule has 2 aromatic rings. The Bertz CT molecular complexity index is 931. The van der Waals surface area contributed by atoms with E-state index in [9.17, 15) is 26.4 Å². The molecule has 9 heteroatoms. The van der Waals surface area contributed by atoms with Crippen molar-refractivity contribution in [1.82, 2.24) is 5.32 Å². The predicted octanol–water partition coefficient (Wildman–Crippen LogP) is 3.61. The van der Waals surface area contributed by atoms with Crippen LogP contribution in [0.2, 0.25) is 0 Å². The Morgan fingerprint density at radius 1 is 1.10 bits per heavy atom. The number of nitrogens with one attached hydrogen (secondary N) is 1. The first-order chi connectivity index (χ1) is 13.5. The Balaban J connectivity index is 2.09. The lowest BCUT2D eigenvalue weighted by atomic mass is 10.1. The first-order valence-corrected chi connectivity index (χ1v) is 10.8. The minimum Gasteiger partial charge on any atom is -0.354 e. The molecule has 0 aliphatic carbocycles. The summed E-state index contributed by atoms with van der Waals surface area (Å²) in [6.45, 7) is 1.66. The molecule has 1 unspecified atom stereocenters. The smallest absolute Gasteiger partial charge is 0.354 e. The number of carbonyl (C=O) groups is 1. The monoisotopic (exact) mass is 428 g/mol. The van der Waals surface area contributed by atoms with Crippen molar-refractivity contribution in [2.24, 2.45) is 0 Å². The first-order valence-electron chi connectivity index (χ1n) is 8.98. The Labute approximate surface area is 168 Å². The summed E-state index contributed by atoms with van der Waals surface area (Å²) in [5.74, 6) is -0.583. The van der Waals surface area contributed by atoms with Gasteiger partial charge in [0.1, 0.15) is 6.04 Å². The predicted molar refractivity (Wildman–Crippen MR) is 106 cm³/mol. The van der Waals surface area contributed by atoms with Crippen LogP contribution >= 0.6 is 0 Å². The van der Waals surface area contributed by atoms with Crippen LogP contribution < -0.4 is 9.62 Å². The number of nitrogens with zero attached hydrogens (tertiary/aromatic N) is 1. The van der Waals surface area contributed by atoms with Gasteiger partial charge in [-0.2, -0.15) is 13.2 Å². The minimum atomic E-state index is -4.62. The fourth-order valence-corrected chi connectivity index (χ4v) is 4.09. The quantitative estimate of drug-likeness (QED) is 0.654. The van der Waals surface area contributed by atoms with Gasteiger partial charge in [0, 0.05) is 6.54 Å². The molecule has 2 aromatic carbocycles. The highest BCUT2D eigenvalue weighted by Crippen LogP contribution is 2.32. The number of amides is 1. The van der Waals surface area contributed by atoms with Crippen LogP contribution in [0.15, 0.2) is 54.6 Å². The summed E-state index contributed by atoms with van der Waals surface area (Å²) < 4.78 is 64.1. The molecule has 158 valence electrons. The van der Waals surface area contributed by atoms with E-state index in [0.29, 0.717) is 17.3 Å². The molecule has 1 N–H and O–H groups in total. The Morgan fingerprint density at radius 3 is 2.34 bits per heavy atom. The topological polar surface area (TPSA) is 66.5 Å². The van der Waals surface area contributed by atoms with Crippen molar-refractivity contribution in [3.8, 4) is 0 Å². The SMILES string of the molecule is CC(C(=O)NCCCc1ccccc1)N(c1cccc(C(F)(F)F)c1)S(C)(=O)=O. The van der Waals surface area contributed by atoms with Gasteiger partial charge < -0.3 is 5.32 Å². The van der Waals surface area contributed by atoms with E-state index in [1.54, 1.807) is 0 Å². The lowest BCUT2D eigenvalue weighted by molar-refractivity contribution is -0.137. The second-order valence-corrected chi connectivity index (χ2v) is 8.52. The van der Waals surface area contributed by atoms with E-state index < -0.39 is 33.7 Å². The number of alkyl halides is 3. The van der Waals surface area contributed by atoms with Crippen molar-refractivity contribution >= 4 is 21.6 Å². The summed E-state index contributed by atoms with van der Waals surface area (Å²) in [5.41, 5.74) is -0.0927. The van der Waals surface area contributed by atoms with E-state index in [-0.39, 0.29) is 5.69 Å². The number of sulfonamides is 1. The highest BCUT2D eigenvalue weighted by molar-refractivity contribution is 7.92.